The van der Waals surface area contributed by atoms with Crippen LogP contribution in [0.25, 0.3) is 11.1 Å². The molecule has 2 aliphatic heterocycles. The summed E-state index contributed by atoms with van der Waals surface area (Å²) in [4.78, 5) is 90.7. The minimum atomic E-state index is -1.10. The molecule has 0 saturated heterocycles. The molecule has 2 N–H and O–H groups in total. The lowest BCUT2D eigenvalue weighted by molar-refractivity contribution is -0.147. The van der Waals surface area contributed by atoms with Crippen molar-refractivity contribution < 1.29 is 38.2 Å². The van der Waals surface area contributed by atoms with Crippen molar-refractivity contribution in [1.29, 1.82) is 0 Å². The van der Waals surface area contributed by atoms with E-state index in [0.717, 1.165) is 12.2 Å². The van der Waals surface area contributed by atoms with E-state index in [0.29, 0.717) is 11.1 Å². The highest BCUT2D eigenvalue weighted by atomic mass is 16.5. The SMILES string of the molecule is C=CC(=O)NCCOC(=O)C(CC(C)C)N1C(=O)/C(=C2/C(=O)N(C(CC(C)C)C(=O)OCCNC(=O)C=C)c3ncccc32)c2cccnc21. The van der Waals surface area contributed by atoms with Crippen molar-refractivity contribution >= 4 is 58.3 Å². The van der Waals surface area contributed by atoms with Gasteiger partial charge in [-0.25, -0.2) is 19.6 Å². The summed E-state index contributed by atoms with van der Waals surface area (Å²) in [5.74, 6) is -3.26. The molecular formula is C36H42N6O8. The van der Waals surface area contributed by atoms with E-state index >= 15 is 0 Å². The average molecular weight is 687 g/mol. The molecule has 0 aromatic carbocycles. The summed E-state index contributed by atoms with van der Waals surface area (Å²) in [7, 11) is 0. The molecule has 0 saturated carbocycles. The Hall–Kier alpha value is -5.66. The van der Waals surface area contributed by atoms with E-state index in [1.54, 1.807) is 24.3 Å². The number of amides is 4. The molecule has 14 nitrogen and oxygen atoms in total. The van der Waals surface area contributed by atoms with E-state index in [2.05, 4.69) is 33.8 Å². The lowest BCUT2D eigenvalue weighted by Gasteiger charge is -2.27. The van der Waals surface area contributed by atoms with Crippen LogP contribution < -0.4 is 20.4 Å². The van der Waals surface area contributed by atoms with Crippen LogP contribution in [0.3, 0.4) is 0 Å². The zero-order chi connectivity index (χ0) is 36.5. The molecule has 0 aliphatic carbocycles. The van der Waals surface area contributed by atoms with Crippen LogP contribution in [-0.2, 0) is 38.2 Å². The van der Waals surface area contributed by atoms with Gasteiger partial charge in [-0.05, 0) is 61.1 Å². The normalized spacial score (nSPS) is 16.1. The summed E-state index contributed by atoms with van der Waals surface area (Å²) < 4.78 is 11.0. The van der Waals surface area contributed by atoms with Crippen molar-refractivity contribution in [3.05, 3.63) is 73.1 Å². The quantitative estimate of drug-likeness (QED) is 0.152. The first-order chi connectivity index (χ1) is 23.9. The Bertz CT molecular complexity index is 1590. The molecule has 2 atom stereocenters. The summed E-state index contributed by atoms with van der Waals surface area (Å²) in [6, 6.07) is 4.34. The fraction of sp³-hybridized carbons (Fsp3) is 0.389. The van der Waals surface area contributed by atoms with Crippen molar-refractivity contribution in [2.24, 2.45) is 11.8 Å². The van der Waals surface area contributed by atoms with Gasteiger partial charge in [0.05, 0.1) is 24.2 Å². The van der Waals surface area contributed by atoms with E-state index in [9.17, 15) is 28.8 Å². The number of hydrogen-bond donors (Lipinski definition) is 2. The minimum absolute atomic E-state index is 0.0125. The number of fused-ring (bicyclic) bond motifs is 2. The van der Waals surface area contributed by atoms with Gasteiger partial charge in [0, 0.05) is 23.5 Å². The first-order valence-corrected chi connectivity index (χ1v) is 16.4. The average Bonchev–Trinajstić information content (AvgIpc) is 3.54. The lowest BCUT2D eigenvalue weighted by Crippen LogP contribution is -2.46. The zero-order valence-electron chi connectivity index (χ0n) is 28.6. The summed E-state index contributed by atoms with van der Waals surface area (Å²) >= 11 is 0. The second-order valence-electron chi connectivity index (χ2n) is 12.5. The molecule has 4 amide bonds. The molecule has 2 unspecified atom stereocenters. The van der Waals surface area contributed by atoms with Gasteiger partial charge in [-0.15, -0.1) is 0 Å². The number of esters is 2. The number of ether oxygens (including phenoxy) is 2. The molecule has 0 fully saturated rings. The Morgan fingerprint density at radius 1 is 0.720 bits per heavy atom. The summed E-state index contributed by atoms with van der Waals surface area (Å²) in [5.41, 5.74) is 0.688. The standard InChI is InChI=1S/C36H42N6O8/c1-7-27(43)37-15-17-49-35(47)25(19-21(3)4)41-31-23(11-9-13-39-31)29(33(41)45)30-24-12-10-14-40-32(24)42(34(30)46)26(20-22(5)6)36(48)50-18-16-38-28(44)8-2/h7-14,21-22,25-26H,1-2,15-20H2,3-6H3,(H,37,43)(H,38,44)/b30-29+. The number of anilines is 2. The van der Waals surface area contributed by atoms with Gasteiger partial charge in [0.2, 0.25) is 11.8 Å². The summed E-state index contributed by atoms with van der Waals surface area (Å²) in [5, 5.41) is 5.08. The number of hydrogen-bond acceptors (Lipinski definition) is 10. The highest BCUT2D eigenvalue weighted by molar-refractivity contribution is 6.50. The molecule has 50 heavy (non-hydrogen) atoms. The van der Waals surface area contributed by atoms with E-state index in [1.807, 2.05) is 27.7 Å². The Labute approximate surface area is 290 Å². The first-order valence-electron chi connectivity index (χ1n) is 16.4. The third-order valence-corrected chi connectivity index (χ3v) is 7.90. The van der Waals surface area contributed by atoms with E-state index in [4.69, 9.17) is 9.47 Å². The van der Waals surface area contributed by atoms with Gasteiger partial charge in [0.1, 0.15) is 36.9 Å². The highest BCUT2D eigenvalue weighted by Crippen LogP contribution is 2.47. The third kappa shape index (κ3) is 8.13. The minimum Gasteiger partial charge on any atom is -0.462 e. The zero-order valence-corrected chi connectivity index (χ0v) is 28.6. The van der Waals surface area contributed by atoms with Gasteiger partial charge in [-0.3, -0.25) is 29.0 Å². The van der Waals surface area contributed by atoms with Gasteiger partial charge < -0.3 is 20.1 Å². The van der Waals surface area contributed by atoms with Crippen molar-refractivity contribution in [1.82, 2.24) is 20.6 Å². The van der Waals surface area contributed by atoms with Crippen molar-refractivity contribution in [2.45, 2.75) is 52.6 Å². The van der Waals surface area contributed by atoms with E-state index in [1.165, 1.54) is 22.2 Å². The number of aromatic nitrogens is 2. The van der Waals surface area contributed by atoms with Crippen LogP contribution in [0.4, 0.5) is 11.6 Å². The van der Waals surface area contributed by atoms with Gasteiger partial charge in [-0.2, -0.15) is 0 Å². The van der Waals surface area contributed by atoms with Crippen LogP contribution in [0, 0.1) is 11.8 Å². The lowest BCUT2D eigenvalue weighted by atomic mass is 9.97. The second kappa shape index (κ2) is 16.6. The van der Waals surface area contributed by atoms with Crippen LogP contribution in [0.15, 0.2) is 62.0 Å². The van der Waals surface area contributed by atoms with Crippen molar-refractivity contribution in [3.63, 3.8) is 0 Å². The van der Waals surface area contributed by atoms with Crippen LogP contribution in [0.1, 0.15) is 51.7 Å². The third-order valence-electron chi connectivity index (χ3n) is 7.90. The topological polar surface area (TPSA) is 177 Å². The smallest absolute Gasteiger partial charge is 0.329 e. The number of pyridine rings is 2. The molecule has 0 bridgehead atoms. The maximum atomic E-state index is 14.6. The molecule has 0 radical (unpaired) electrons. The van der Waals surface area contributed by atoms with Crippen LogP contribution in [0.2, 0.25) is 0 Å². The van der Waals surface area contributed by atoms with Crippen molar-refractivity contribution in [3.8, 4) is 0 Å². The Kier molecular flexibility index (Phi) is 12.4. The molecule has 0 spiro atoms. The number of nitrogens with zero attached hydrogens (tertiary/aromatic N) is 4. The predicted octanol–water partition coefficient (Wildman–Crippen LogP) is 2.60. The molecular weight excluding hydrogens is 644 g/mol. The Morgan fingerprint density at radius 2 is 1.10 bits per heavy atom. The molecule has 264 valence electrons. The van der Waals surface area contributed by atoms with Gasteiger partial charge in [0.25, 0.3) is 11.8 Å². The number of rotatable bonds is 16. The van der Waals surface area contributed by atoms with Gasteiger partial charge in [-0.1, -0.05) is 40.9 Å². The maximum Gasteiger partial charge on any atom is 0.329 e. The first kappa shape index (κ1) is 37.2. The summed E-state index contributed by atoms with van der Waals surface area (Å²) in [6.45, 7) is 14.2. The number of carbonyl (C=O) groups excluding carboxylic acids is 6. The van der Waals surface area contributed by atoms with E-state index in [-0.39, 0.29) is 73.8 Å². The molecule has 2 aliphatic rings. The van der Waals surface area contributed by atoms with Gasteiger partial charge in [0.15, 0.2) is 0 Å². The Balaban J connectivity index is 1.75. The van der Waals surface area contributed by atoms with E-state index < -0.39 is 47.7 Å². The summed E-state index contributed by atoms with van der Waals surface area (Å²) in [6.07, 6.45) is 5.61. The highest BCUT2D eigenvalue weighted by Gasteiger charge is 2.49. The Morgan fingerprint density at radius 3 is 1.44 bits per heavy atom. The van der Waals surface area contributed by atoms with Crippen LogP contribution in [-0.4, -0.2) is 83.9 Å². The fourth-order valence-electron chi connectivity index (χ4n) is 5.79. The molecule has 14 heteroatoms. The molecule has 2 aromatic heterocycles. The largest absolute Gasteiger partial charge is 0.462 e. The van der Waals surface area contributed by atoms with Crippen LogP contribution >= 0.6 is 0 Å². The van der Waals surface area contributed by atoms with Gasteiger partial charge >= 0.3 is 11.9 Å². The van der Waals surface area contributed by atoms with Crippen LogP contribution in [0.5, 0.6) is 0 Å². The molecule has 4 heterocycles. The monoisotopic (exact) mass is 686 g/mol. The fourth-order valence-corrected chi connectivity index (χ4v) is 5.79. The van der Waals surface area contributed by atoms with Crippen molar-refractivity contribution in [2.75, 3.05) is 36.1 Å². The number of nitrogens with one attached hydrogen (secondary N) is 2. The number of carbonyl (C=O) groups is 6. The second-order valence-corrected chi connectivity index (χ2v) is 12.5. The molecule has 2 aromatic rings. The molecule has 4 rings (SSSR count). The predicted molar refractivity (Wildman–Crippen MR) is 185 cm³/mol. The maximum absolute atomic E-state index is 14.6.